The summed E-state index contributed by atoms with van der Waals surface area (Å²) < 4.78 is 0. The molecule has 0 saturated heterocycles. The van der Waals surface area contributed by atoms with E-state index in [4.69, 9.17) is 10.8 Å². The topological polar surface area (TPSA) is 46.2 Å². The predicted molar refractivity (Wildman–Crippen MR) is 39.2 cm³/mol. The predicted octanol–water partition coefficient (Wildman–Crippen LogP) is 0.885. The van der Waals surface area contributed by atoms with Gasteiger partial charge >= 0.3 is 0 Å². The van der Waals surface area contributed by atoms with Gasteiger partial charge in [0.05, 0.1) is 6.10 Å². The maximum Gasteiger partial charge on any atom is 0.0688 e. The number of rotatable bonds is 4. The lowest BCUT2D eigenvalue weighted by atomic mass is 10.1. The van der Waals surface area contributed by atoms with Crippen LogP contribution in [0.15, 0.2) is 0 Å². The van der Waals surface area contributed by atoms with E-state index in [0.717, 1.165) is 19.3 Å². The molecule has 2 atom stereocenters. The van der Waals surface area contributed by atoms with E-state index in [0.29, 0.717) is 0 Å². The van der Waals surface area contributed by atoms with Crippen molar-refractivity contribution in [2.45, 2.75) is 45.3 Å². The van der Waals surface area contributed by atoms with Gasteiger partial charge in [0.1, 0.15) is 0 Å². The quantitative estimate of drug-likeness (QED) is 0.595. The first-order chi connectivity index (χ1) is 4.22. The summed E-state index contributed by atoms with van der Waals surface area (Å²) in [6.07, 6.45) is 2.44. The minimum absolute atomic E-state index is 0.0139. The van der Waals surface area contributed by atoms with Gasteiger partial charge in [-0.1, -0.05) is 20.3 Å². The largest absolute Gasteiger partial charge is 0.392 e. The molecule has 2 nitrogen and oxygen atoms in total. The summed E-state index contributed by atoms with van der Waals surface area (Å²) in [5.41, 5.74) is 5.59. The van der Waals surface area contributed by atoms with Crippen LogP contribution in [-0.2, 0) is 0 Å². The van der Waals surface area contributed by atoms with E-state index in [9.17, 15) is 0 Å². The van der Waals surface area contributed by atoms with Crippen LogP contribution < -0.4 is 5.73 Å². The average molecular weight is 131 g/mol. The maximum absolute atomic E-state index is 9.13. The fraction of sp³-hybridized carbons (Fsp3) is 1.00. The van der Waals surface area contributed by atoms with Gasteiger partial charge in [-0.2, -0.15) is 0 Å². The van der Waals surface area contributed by atoms with Crippen LogP contribution in [0.1, 0.15) is 33.1 Å². The second kappa shape index (κ2) is 4.77. The molecule has 0 aromatic heterocycles. The lowest BCUT2D eigenvalue weighted by molar-refractivity contribution is 0.136. The van der Waals surface area contributed by atoms with Gasteiger partial charge in [0.25, 0.3) is 0 Å². The van der Waals surface area contributed by atoms with Crippen molar-refractivity contribution in [3.63, 3.8) is 0 Å². The van der Waals surface area contributed by atoms with E-state index in [-0.39, 0.29) is 12.1 Å². The van der Waals surface area contributed by atoms with E-state index < -0.39 is 0 Å². The summed E-state index contributed by atoms with van der Waals surface area (Å²) in [6, 6.07) is -0.0139. The number of hydrogen-bond donors (Lipinski definition) is 2. The molecular formula is C7H17NO. The highest BCUT2D eigenvalue weighted by atomic mass is 16.3. The average Bonchev–Trinajstić information content (AvgIpc) is 1.87. The van der Waals surface area contributed by atoms with Gasteiger partial charge in [0, 0.05) is 6.04 Å². The minimum atomic E-state index is -0.301. The second-order valence-electron chi connectivity index (χ2n) is 2.43. The van der Waals surface area contributed by atoms with Crippen molar-refractivity contribution in [3.05, 3.63) is 0 Å². The van der Waals surface area contributed by atoms with Gasteiger partial charge in [0.15, 0.2) is 0 Å². The molecule has 2 unspecified atom stereocenters. The molecule has 0 aliphatic heterocycles. The van der Waals surface area contributed by atoms with Crippen molar-refractivity contribution >= 4 is 0 Å². The Morgan fingerprint density at radius 3 is 2.33 bits per heavy atom. The Bertz CT molecular complexity index is 65.9. The van der Waals surface area contributed by atoms with Gasteiger partial charge in [-0.15, -0.1) is 0 Å². The van der Waals surface area contributed by atoms with Crippen molar-refractivity contribution in [1.82, 2.24) is 0 Å². The van der Waals surface area contributed by atoms with E-state index in [1.165, 1.54) is 0 Å². The zero-order valence-corrected chi connectivity index (χ0v) is 6.30. The highest BCUT2D eigenvalue weighted by Crippen LogP contribution is 2.01. The maximum atomic E-state index is 9.13. The summed E-state index contributed by atoms with van der Waals surface area (Å²) in [4.78, 5) is 0. The molecule has 0 fully saturated rings. The Morgan fingerprint density at radius 2 is 2.00 bits per heavy atom. The molecule has 0 radical (unpaired) electrons. The van der Waals surface area contributed by atoms with Crippen molar-refractivity contribution in [2.75, 3.05) is 0 Å². The summed E-state index contributed by atoms with van der Waals surface area (Å²) in [6.45, 7) is 4.02. The zero-order valence-electron chi connectivity index (χ0n) is 6.30. The first-order valence-electron chi connectivity index (χ1n) is 3.66. The van der Waals surface area contributed by atoms with E-state index in [2.05, 4.69) is 6.92 Å². The molecule has 3 N–H and O–H groups in total. The Labute approximate surface area is 57.1 Å². The third-order valence-electron chi connectivity index (χ3n) is 1.53. The molecule has 0 aliphatic carbocycles. The molecule has 0 aromatic rings. The summed E-state index contributed by atoms with van der Waals surface area (Å²) in [5.74, 6) is 0. The molecule has 0 bridgehead atoms. The van der Waals surface area contributed by atoms with Gasteiger partial charge in [-0.25, -0.2) is 0 Å². The second-order valence-corrected chi connectivity index (χ2v) is 2.43. The normalized spacial score (nSPS) is 17.3. The molecule has 9 heavy (non-hydrogen) atoms. The van der Waals surface area contributed by atoms with Crippen LogP contribution in [0.25, 0.3) is 0 Å². The summed E-state index contributed by atoms with van der Waals surface area (Å²) >= 11 is 0. The van der Waals surface area contributed by atoms with Crippen LogP contribution >= 0.6 is 0 Å². The van der Waals surface area contributed by atoms with Crippen LogP contribution in [-0.4, -0.2) is 17.3 Å². The number of aliphatic hydroxyl groups is 1. The number of nitrogens with two attached hydrogens (primary N) is 1. The van der Waals surface area contributed by atoms with Crippen molar-refractivity contribution < 1.29 is 5.11 Å². The molecule has 56 valence electrons. The third kappa shape index (κ3) is 3.49. The molecule has 0 rings (SSSR count). The molecule has 0 aliphatic rings. The molecule has 0 aromatic carbocycles. The van der Waals surface area contributed by atoms with E-state index >= 15 is 0 Å². The monoisotopic (exact) mass is 131 g/mol. The summed E-state index contributed by atoms with van der Waals surface area (Å²) in [7, 11) is 0. The minimum Gasteiger partial charge on any atom is -0.392 e. The van der Waals surface area contributed by atoms with Gasteiger partial charge in [0.2, 0.25) is 0 Å². The number of aliphatic hydroxyl groups excluding tert-OH is 1. The molecule has 2 heteroatoms. The standard InChI is InChI=1S/C7H17NO/c1-3-5-6(8)7(9)4-2/h6-7,9H,3-5,8H2,1-2H3. The van der Waals surface area contributed by atoms with Crippen molar-refractivity contribution in [3.8, 4) is 0 Å². The van der Waals surface area contributed by atoms with Crippen molar-refractivity contribution in [1.29, 1.82) is 0 Å². The van der Waals surface area contributed by atoms with E-state index in [1.54, 1.807) is 0 Å². The Hall–Kier alpha value is -0.0800. The molecule has 0 spiro atoms. The fourth-order valence-electron chi connectivity index (χ4n) is 0.828. The van der Waals surface area contributed by atoms with Crippen molar-refractivity contribution in [2.24, 2.45) is 5.73 Å². The first-order valence-corrected chi connectivity index (χ1v) is 3.66. The van der Waals surface area contributed by atoms with Crippen LogP contribution in [0.3, 0.4) is 0 Å². The highest BCUT2D eigenvalue weighted by molar-refractivity contribution is 4.68. The van der Waals surface area contributed by atoms with Gasteiger partial charge < -0.3 is 10.8 Å². The van der Waals surface area contributed by atoms with Crippen LogP contribution in [0.5, 0.6) is 0 Å². The van der Waals surface area contributed by atoms with Gasteiger partial charge in [-0.3, -0.25) is 0 Å². The van der Waals surface area contributed by atoms with Gasteiger partial charge in [-0.05, 0) is 12.8 Å². The SMILES string of the molecule is CCCC(N)C(O)CC. The molecule has 0 heterocycles. The zero-order chi connectivity index (χ0) is 7.28. The third-order valence-corrected chi connectivity index (χ3v) is 1.53. The lowest BCUT2D eigenvalue weighted by Gasteiger charge is -2.15. The smallest absolute Gasteiger partial charge is 0.0688 e. The summed E-state index contributed by atoms with van der Waals surface area (Å²) in [5, 5.41) is 9.13. The Kier molecular flexibility index (Phi) is 4.72. The Morgan fingerprint density at radius 1 is 1.44 bits per heavy atom. The highest BCUT2D eigenvalue weighted by Gasteiger charge is 2.09. The molecule has 0 amide bonds. The van der Waals surface area contributed by atoms with Crippen LogP contribution in [0.2, 0.25) is 0 Å². The van der Waals surface area contributed by atoms with E-state index in [1.807, 2.05) is 6.92 Å². The first kappa shape index (κ1) is 8.92. The lowest BCUT2D eigenvalue weighted by Crippen LogP contribution is -2.33. The Balaban J connectivity index is 3.32. The molecular weight excluding hydrogens is 114 g/mol. The number of hydrogen-bond acceptors (Lipinski definition) is 2. The van der Waals surface area contributed by atoms with Crippen LogP contribution in [0, 0.1) is 0 Å². The van der Waals surface area contributed by atoms with Crippen LogP contribution in [0.4, 0.5) is 0 Å². The fourth-order valence-corrected chi connectivity index (χ4v) is 0.828. The molecule has 0 saturated carbocycles.